The summed E-state index contributed by atoms with van der Waals surface area (Å²) < 4.78 is 5.69. The van der Waals surface area contributed by atoms with Gasteiger partial charge in [0, 0.05) is 46.6 Å². The number of ether oxygens (including phenoxy) is 1. The van der Waals surface area contributed by atoms with Gasteiger partial charge in [0.15, 0.2) is 5.43 Å². The average molecular weight is 411 g/mol. The highest BCUT2D eigenvalue weighted by molar-refractivity contribution is 6.31. The maximum atomic E-state index is 12.5. The number of pyridine rings is 1. The van der Waals surface area contributed by atoms with Gasteiger partial charge in [0.2, 0.25) is 0 Å². The normalized spacial score (nSPS) is 10.6. The number of H-pyrrole nitrogens is 1. The first-order valence-corrected chi connectivity index (χ1v) is 9.75. The number of hydrogen-bond acceptors (Lipinski definition) is 3. The number of halogens is 1. The van der Waals surface area contributed by atoms with Crippen molar-refractivity contribution in [3.63, 3.8) is 0 Å². The fraction of sp³-hybridized carbons (Fsp3) is 0.217. The highest BCUT2D eigenvalue weighted by atomic mass is 35.5. The van der Waals surface area contributed by atoms with E-state index in [4.69, 9.17) is 16.3 Å². The van der Waals surface area contributed by atoms with E-state index in [1.807, 2.05) is 50.2 Å². The van der Waals surface area contributed by atoms with Crippen molar-refractivity contribution >= 4 is 17.5 Å². The summed E-state index contributed by atoms with van der Waals surface area (Å²) in [6.07, 6.45) is 0.633. The van der Waals surface area contributed by atoms with E-state index in [-0.39, 0.29) is 17.9 Å². The lowest BCUT2D eigenvalue weighted by Crippen LogP contribution is -2.27. The molecule has 0 aliphatic rings. The van der Waals surface area contributed by atoms with Gasteiger partial charge in [-0.3, -0.25) is 9.59 Å². The van der Waals surface area contributed by atoms with Crippen molar-refractivity contribution in [3.05, 3.63) is 97.9 Å². The first-order chi connectivity index (χ1) is 13.9. The first kappa shape index (κ1) is 20.7. The van der Waals surface area contributed by atoms with Crippen LogP contribution in [0.4, 0.5) is 0 Å². The number of rotatable bonds is 7. The third-order valence-corrected chi connectivity index (χ3v) is 4.96. The zero-order valence-corrected chi connectivity index (χ0v) is 17.2. The van der Waals surface area contributed by atoms with Crippen molar-refractivity contribution in [2.75, 3.05) is 6.61 Å². The van der Waals surface area contributed by atoms with Crippen LogP contribution in [0.3, 0.4) is 0 Å². The topological polar surface area (TPSA) is 71.2 Å². The monoisotopic (exact) mass is 410 g/mol. The molecule has 1 amide bonds. The summed E-state index contributed by atoms with van der Waals surface area (Å²) >= 11 is 6.35. The molecule has 0 aliphatic heterocycles. The molecule has 0 atom stereocenters. The molecule has 150 valence electrons. The number of carbonyl (C=O) groups is 1. The molecule has 3 rings (SSSR count). The molecule has 0 saturated heterocycles. The van der Waals surface area contributed by atoms with Crippen LogP contribution in [-0.2, 0) is 13.0 Å². The van der Waals surface area contributed by atoms with Gasteiger partial charge in [0.05, 0.1) is 6.61 Å². The predicted molar refractivity (Wildman–Crippen MR) is 115 cm³/mol. The van der Waals surface area contributed by atoms with Gasteiger partial charge in [-0.05, 0) is 43.7 Å². The molecule has 1 aromatic heterocycles. The number of para-hydroxylation sites is 1. The Labute approximate surface area is 174 Å². The van der Waals surface area contributed by atoms with Gasteiger partial charge in [-0.1, -0.05) is 35.9 Å². The van der Waals surface area contributed by atoms with Gasteiger partial charge in [-0.25, -0.2) is 0 Å². The average Bonchev–Trinajstić information content (AvgIpc) is 2.69. The van der Waals surface area contributed by atoms with Crippen LogP contribution in [0.15, 0.2) is 59.4 Å². The summed E-state index contributed by atoms with van der Waals surface area (Å²) in [6.45, 7) is 4.29. The third-order valence-electron chi connectivity index (χ3n) is 4.61. The minimum atomic E-state index is -0.279. The fourth-order valence-electron chi connectivity index (χ4n) is 3.05. The van der Waals surface area contributed by atoms with Gasteiger partial charge in [-0.15, -0.1) is 0 Å². The Balaban J connectivity index is 1.59. The molecule has 0 radical (unpaired) electrons. The Bertz CT molecular complexity index is 1060. The number of benzene rings is 2. The van der Waals surface area contributed by atoms with Crippen molar-refractivity contribution in [3.8, 4) is 5.75 Å². The number of aromatic amines is 1. The van der Waals surface area contributed by atoms with Crippen molar-refractivity contribution in [1.82, 2.24) is 10.3 Å². The number of amides is 1. The summed E-state index contributed by atoms with van der Waals surface area (Å²) in [5.41, 5.74) is 3.35. The van der Waals surface area contributed by atoms with Crippen LogP contribution in [0.2, 0.25) is 5.02 Å². The maximum Gasteiger partial charge on any atom is 0.251 e. The Morgan fingerprint density at radius 2 is 1.86 bits per heavy atom. The molecule has 2 N–H and O–H groups in total. The Morgan fingerprint density at radius 3 is 2.55 bits per heavy atom. The lowest BCUT2D eigenvalue weighted by atomic mass is 10.1. The number of nitrogens with one attached hydrogen (secondary N) is 2. The quantitative estimate of drug-likeness (QED) is 0.613. The molecule has 1 heterocycles. The SMILES string of the molecule is Cc1cc(=O)c(CNC(=O)c2ccc(CCOc3ccccc3)c(Cl)c2)c(C)[nH]1. The highest BCUT2D eigenvalue weighted by Gasteiger charge is 2.11. The number of aromatic nitrogens is 1. The molecule has 29 heavy (non-hydrogen) atoms. The predicted octanol–water partition coefficient (Wildman–Crippen LogP) is 4.20. The number of hydrogen-bond donors (Lipinski definition) is 2. The molecule has 0 spiro atoms. The summed E-state index contributed by atoms with van der Waals surface area (Å²) in [6, 6.07) is 16.3. The summed E-state index contributed by atoms with van der Waals surface area (Å²) in [5.74, 6) is 0.527. The van der Waals surface area contributed by atoms with Crippen LogP contribution in [0.25, 0.3) is 0 Å². The van der Waals surface area contributed by atoms with E-state index >= 15 is 0 Å². The third kappa shape index (κ3) is 5.48. The highest BCUT2D eigenvalue weighted by Crippen LogP contribution is 2.19. The second kappa shape index (κ2) is 9.43. The van der Waals surface area contributed by atoms with Crippen molar-refractivity contribution in [2.24, 2.45) is 0 Å². The molecule has 3 aromatic rings. The van der Waals surface area contributed by atoms with Crippen molar-refractivity contribution in [1.29, 1.82) is 0 Å². The first-order valence-electron chi connectivity index (χ1n) is 9.38. The molecular weight excluding hydrogens is 388 g/mol. The zero-order valence-electron chi connectivity index (χ0n) is 16.4. The molecule has 0 aliphatic carbocycles. The second-order valence-electron chi connectivity index (χ2n) is 6.82. The fourth-order valence-corrected chi connectivity index (χ4v) is 3.33. The van der Waals surface area contributed by atoms with E-state index in [1.54, 1.807) is 12.1 Å². The Hall–Kier alpha value is -3.05. The van der Waals surface area contributed by atoms with Crippen LogP contribution < -0.4 is 15.5 Å². The van der Waals surface area contributed by atoms with E-state index in [9.17, 15) is 9.59 Å². The van der Waals surface area contributed by atoms with E-state index in [0.29, 0.717) is 29.2 Å². The van der Waals surface area contributed by atoms with Gasteiger partial charge >= 0.3 is 0 Å². The van der Waals surface area contributed by atoms with E-state index in [1.165, 1.54) is 6.07 Å². The smallest absolute Gasteiger partial charge is 0.251 e. The Kier molecular flexibility index (Phi) is 6.73. The van der Waals surface area contributed by atoms with Crippen LogP contribution in [0, 0.1) is 13.8 Å². The molecule has 2 aromatic carbocycles. The van der Waals surface area contributed by atoms with Crippen LogP contribution in [0.1, 0.15) is 32.9 Å². The molecular formula is C23H23ClN2O3. The van der Waals surface area contributed by atoms with Gasteiger partial charge in [-0.2, -0.15) is 0 Å². The summed E-state index contributed by atoms with van der Waals surface area (Å²) in [5, 5.41) is 3.30. The maximum absolute atomic E-state index is 12.5. The summed E-state index contributed by atoms with van der Waals surface area (Å²) in [4.78, 5) is 27.7. The zero-order chi connectivity index (χ0) is 20.8. The standard InChI is InChI=1S/C23H23ClN2O3/c1-15-12-22(27)20(16(2)26-15)14-25-23(28)18-9-8-17(21(24)13-18)10-11-29-19-6-4-3-5-7-19/h3-9,12-13H,10-11,14H2,1-2H3,(H,25,28)(H,26,27). The molecule has 6 heteroatoms. The van der Waals surface area contributed by atoms with Gasteiger partial charge in [0.25, 0.3) is 5.91 Å². The molecule has 5 nitrogen and oxygen atoms in total. The molecule has 0 unspecified atom stereocenters. The molecule has 0 saturated carbocycles. The van der Waals surface area contributed by atoms with E-state index in [0.717, 1.165) is 22.7 Å². The lowest BCUT2D eigenvalue weighted by Gasteiger charge is -2.10. The molecule has 0 fully saturated rings. The van der Waals surface area contributed by atoms with Crippen LogP contribution in [-0.4, -0.2) is 17.5 Å². The number of aryl methyl sites for hydroxylation is 2. The van der Waals surface area contributed by atoms with Crippen LogP contribution >= 0.6 is 11.6 Å². The van der Waals surface area contributed by atoms with Gasteiger partial charge in [0.1, 0.15) is 5.75 Å². The Morgan fingerprint density at radius 1 is 1.10 bits per heavy atom. The number of carbonyl (C=O) groups excluding carboxylic acids is 1. The minimum absolute atomic E-state index is 0.0918. The van der Waals surface area contributed by atoms with Crippen molar-refractivity contribution in [2.45, 2.75) is 26.8 Å². The van der Waals surface area contributed by atoms with Gasteiger partial charge < -0.3 is 15.0 Å². The largest absolute Gasteiger partial charge is 0.493 e. The minimum Gasteiger partial charge on any atom is -0.493 e. The summed E-state index contributed by atoms with van der Waals surface area (Å²) in [7, 11) is 0. The van der Waals surface area contributed by atoms with Crippen LogP contribution in [0.5, 0.6) is 5.75 Å². The lowest BCUT2D eigenvalue weighted by molar-refractivity contribution is 0.0950. The second-order valence-corrected chi connectivity index (χ2v) is 7.23. The van der Waals surface area contributed by atoms with E-state index < -0.39 is 0 Å². The van der Waals surface area contributed by atoms with E-state index in [2.05, 4.69) is 10.3 Å². The van der Waals surface area contributed by atoms with Crippen molar-refractivity contribution < 1.29 is 9.53 Å². The molecule has 0 bridgehead atoms.